The number of piperidine rings is 1. The molecule has 32 heavy (non-hydrogen) atoms. The van der Waals surface area contributed by atoms with Crippen LogP contribution in [0.25, 0.3) is 0 Å². The van der Waals surface area contributed by atoms with E-state index in [2.05, 4.69) is 20.3 Å². The number of aliphatic imine (C=N–C) groups is 1. The van der Waals surface area contributed by atoms with Gasteiger partial charge in [-0.25, -0.2) is 4.99 Å². The fourth-order valence-corrected chi connectivity index (χ4v) is 4.03. The molecule has 0 aromatic carbocycles. The second-order valence-corrected chi connectivity index (χ2v) is 8.05. The molecule has 0 saturated carbocycles. The first-order chi connectivity index (χ1) is 14.8. The van der Waals surface area contributed by atoms with E-state index in [4.69, 9.17) is 0 Å². The highest BCUT2D eigenvalue weighted by atomic mass is 127. The van der Waals surface area contributed by atoms with Crippen molar-refractivity contribution >= 4 is 35.8 Å². The first-order valence-electron chi connectivity index (χ1n) is 10.9. The Labute approximate surface area is 204 Å². The van der Waals surface area contributed by atoms with Gasteiger partial charge in [0.2, 0.25) is 5.91 Å². The van der Waals surface area contributed by atoms with Crippen molar-refractivity contribution in [1.82, 2.24) is 29.8 Å². The first-order valence-corrected chi connectivity index (χ1v) is 10.9. The number of aryl methyl sites for hydroxylation is 1. The summed E-state index contributed by atoms with van der Waals surface area (Å²) >= 11 is 0. The third-order valence-corrected chi connectivity index (χ3v) is 5.65. The van der Waals surface area contributed by atoms with Crippen molar-refractivity contribution in [2.75, 3.05) is 52.4 Å². The zero-order chi connectivity index (χ0) is 22.4. The number of hydrogen-bond donors (Lipinski definition) is 1. The fraction of sp³-hybridized carbons (Fsp3) is 0.750. The number of hydrogen-bond acceptors (Lipinski definition) is 4. The minimum absolute atomic E-state index is 0. The molecule has 0 spiro atoms. The van der Waals surface area contributed by atoms with Gasteiger partial charge in [0.05, 0.1) is 13.1 Å². The summed E-state index contributed by atoms with van der Waals surface area (Å²) in [4.78, 5) is 23.1. The summed E-state index contributed by atoms with van der Waals surface area (Å²) in [7, 11) is 1.47. The number of piperazine rings is 1. The van der Waals surface area contributed by atoms with Crippen molar-refractivity contribution in [2.24, 2.45) is 12.0 Å². The van der Waals surface area contributed by atoms with Gasteiger partial charge in [-0.2, -0.15) is 18.3 Å². The van der Waals surface area contributed by atoms with E-state index in [-0.39, 0.29) is 42.0 Å². The number of halogens is 4. The van der Waals surface area contributed by atoms with Crippen molar-refractivity contribution in [1.29, 1.82) is 0 Å². The maximum Gasteiger partial charge on any atom is 0.435 e. The highest BCUT2D eigenvalue weighted by molar-refractivity contribution is 14.0. The Morgan fingerprint density at radius 2 is 1.75 bits per heavy atom. The number of rotatable bonds is 5. The molecule has 2 fully saturated rings. The molecule has 3 rings (SSSR count). The third kappa shape index (κ3) is 7.22. The van der Waals surface area contributed by atoms with Gasteiger partial charge in [-0.05, 0) is 26.2 Å². The van der Waals surface area contributed by atoms with Crippen molar-refractivity contribution in [3.05, 3.63) is 17.5 Å². The van der Waals surface area contributed by atoms with E-state index in [0.717, 1.165) is 25.9 Å². The maximum absolute atomic E-state index is 13.2. The van der Waals surface area contributed by atoms with E-state index in [1.807, 2.05) is 16.7 Å². The number of guanidine groups is 1. The van der Waals surface area contributed by atoms with Crippen LogP contribution in [0.4, 0.5) is 13.2 Å². The summed E-state index contributed by atoms with van der Waals surface area (Å²) in [6, 6.07) is 0. The number of carbonyl (C=O) groups is 1. The average molecular weight is 571 g/mol. The Hall–Kier alpha value is -1.57. The summed E-state index contributed by atoms with van der Waals surface area (Å²) in [5.41, 5.74) is -0.841. The van der Waals surface area contributed by atoms with E-state index in [9.17, 15) is 18.0 Å². The summed E-state index contributed by atoms with van der Waals surface area (Å²) in [6.45, 7) is 7.32. The van der Waals surface area contributed by atoms with Crippen molar-refractivity contribution in [3.8, 4) is 0 Å². The molecular formula is C20H33F3IN7O. The Morgan fingerprint density at radius 1 is 1.09 bits per heavy atom. The highest BCUT2D eigenvalue weighted by Gasteiger charge is 2.36. The molecule has 0 radical (unpaired) electrons. The molecule has 1 N–H and O–H groups in total. The van der Waals surface area contributed by atoms with E-state index in [1.165, 1.54) is 24.3 Å². The molecule has 182 valence electrons. The number of nitrogens with zero attached hydrogens (tertiary/aromatic N) is 6. The first kappa shape index (κ1) is 26.7. The number of likely N-dealkylation sites (tertiary alicyclic amines) is 1. The SMILES string of the molecule is CCNC(=NCc1cn(C)nc1C(F)(F)F)N1CCN(CC(=O)N2CCCCC2)CC1.I. The Balaban J connectivity index is 0.00000363. The van der Waals surface area contributed by atoms with Crippen LogP contribution in [0.15, 0.2) is 11.2 Å². The van der Waals surface area contributed by atoms with Gasteiger partial charge in [0, 0.05) is 64.6 Å². The van der Waals surface area contributed by atoms with Crippen LogP contribution < -0.4 is 5.32 Å². The van der Waals surface area contributed by atoms with E-state index < -0.39 is 11.9 Å². The molecule has 8 nitrogen and oxygen atoms in total. The predicted octanol–water partition coefficient (Wildman–Crippen LogP) is 2.15. The summed E-state index contributed by atoms with van der Waals surface area (Å²) in [6.07, 6.45) is 0.208. The molecule has 1 aromatic rings. The van der Waals surface area contributed by atoms with E-state index in [0.29, 0.717) is 45.2 Å². The van der Waals surface area contributed by atoms with Gasteiger partial charge in [0.25, 0.3) is 0 Å². The van der Waals surface area contributed by atoms with Gasteiger partial charge < -0.3 is 15.1 Å². The minimum Gasteiger partial charge on any atom is -0.357 e. The predicted molar refractivity (Wildman–Crippen MR) is 127 cm³/mol. The van der Waals surface area contributed by atoms with Gasteiger partial charge >= 0.3 is 6.18 Å². The van der Waals surface area contributed by atoms with Crippen molar-refractivity contribution in [3.63, 3.8) is 0 Å². The lowest BCUT2D eigenvalue weighted by molar-refractivity contribution is -0.142. The van der Waals surface area contributed by atoms with Crippen LogP contribution in [0.3, 0.4) is 0 Å². The van der Waals surface area contributed by atoms with E-state index >= 15 is 0 Å². The zero-order valence-electron chi connectivity index (χ0n) is 18.7. The van der Waals surface area contributed by atoms with Crippen LogP contribution in [-0.2, 0) is 24.6 Å². The topological polar surface area (TPSA) is 69.0 Å². The fourth-order valence-electron chi connectivity index (χ4n) is 4.03. The molecule has 1 amide bonds. The zero-order valence-corrected chi connectivity index (χ0v) is 21.0. The molecule has 0 unspecified atom stereocenters. The molecule has 0 atom stereocenters. The Morgan fingerprint density at radius 3 is 2.34 bits per heavy atom. The quantitative estimate of drug-likeness (QED) is 0.334. The van der Waals surface area contributed by atoms with Gasteiger partial charge in [0.15, 0.2) is 11.7 Å². The van der Waals surface area contributed by atoms with E-state index in [1.54, 1.807) is 0 Å². The summed E-state index contributed by atoms with van der Waals surface area (Å²) < 4.78 is 40.7. The van der Waals surface area contributed by atoms with Gasteiger partial charge in [-0.3, -0.25) is 14.4 Å². The number of carbonyl (C=O) groups excluding carboxylic acids is 1. The molecule has 2 aliphatic rings. The second-order valence-electron chi connectivity index (χ2n) is 8.05. The van der Waals surface area contributed by atoms with Crippen LogP contribution in [0.2, 0.25) is 0 Å². The molecule has 3 heterocycles. The third-order valence-electron chi connectivity index (χ3n) is 5.65. The lowest BCUT2D eigenvalue weighted by Gasteiger charge is -2.37. The molecule has 0 bridgehead atoms. The van der Waals surface area contributed by atoms with Crippen LogP contribution in [0.5, 0.6) is 0 Å². The highest BCUT2D eigenvalue weighted by Crippen LogP contribution is 2.30. The standard InChI is InChI=1S/C20H32F3N7O.HI/c1-3-24-19(25-13-16-14-27(2)26-18(16)20(21,22)23)30-11-9-28(10-12-30)15-17(31)29-7-5-4-6-8-29;/h14H,3-13,15H2,1-2H3,(H,24,25);1H. The average Bonchev–Trinajstić information content (AvgIpc) is 3.13. The monoisotopic (exact) mass is 571 g/mol. The minimum atomic E-state index is -4.50. The van der Waals surface area contributed by atoms with Gasteiger partial charge in [0.1, 0.15) is 0 Å². The van der Waals surface area contributed by atoms with Crippen molar-refractivity contribution < 1.29 is 18.0 Å². The smallest absolute Gasteiger partial charge is 0.357 e. The van der Waals surface area contributed by atoms with Crippen LogP contribution in [0.1, 0.15) is 37.4 Å². The Kier molecular flexibility index (Phi) is 10.0. The van der Waals surface area contributed by atoms with Gasteiger partial charge in [-0.15, -0.1) is 24.0 Å². The molecule has 1 aromatic heterocycles. The normalized spacial score (nSPS) is 18.5. The van der Waals surface area contributed by atoms with Crippen LogP contribution in [-0.4, -0.2) is 88.7 Å². The molecular weight excluding hydrogens is 538 g/mol. The molecule has 0 aliphatic carbocycles. The number of amides is 1. The number of aromatic nitrogens is 2. The lowest BCUT2D eigenvalue weighted by atomic mass is 10.1. The number of alkyl halides is 3. The van der Waals surface area contributed by atoms with Crippen LogP contribution in [0, 0.1) is 0 Å². The Bertz CT molecular complexity index is 770. The lowest BCUT2D eigenvalue weighted by Crippen LogP contribution is -2.54. The molecule has 2 aliphatic heterocycles. The van der Waals surface area contributed by atoms with Gasteiger partial charge in [-0.1, -0.05) is 0 Å². The summed E-state index contributed by atoms with van der Waals surface area (Å²) in [5, 5.41) is 6.71. The largest absolute Gasteiger partial charge is 0.435 e. The van der Waals surface area contributed by atoms with Crippen LogP contribution >= 0.6 is 24.0 Å². The maximum atomic E-state index is 13.2. The molecule has 2 saturated heterocycles. The number of nitrogens with one attached hydrogen (secondary N) is 1. The van der Waals surface area contributed by atoms with Crippen molar-refractivity contribution in [2.45, 2.75) is 38.9 Å². The molecule has 12 heteroatoms. The summed E-state index contributed by atoms with van der Waals surface area (Å²) in [5.74, 6) is 0.770. The second kappa shape index (κ2) is 12.1.